The lowest BCUT2D eigenvalue weighted by Crippen LogP contribution is -2.60. The first kappa shape index (κ1) is 42.5. The summed E-state index contributed by atoms with van der Waals surface area (Å²) < 4.78 is 5.30. The maximum atomic E-state index is 14.4. The van der Waals surface area contributed by atoms with Gasteiger partial charge in [-0.25, -0.2) is 14.6 Å². The van der Waals surface area contributed by atoms with Crippen molar-refractivity contribution in [2.24, 2.45) is 11.3 Å². The Bertz CT molecular complexity index is 1730. The fourth-order valence-electron chi connectivity index (χ4n) is 6.71. The number of hydrazine groups is 1. The Balaban J connectivity index is 1.61. The number of urea groups is 1. The summed E-state index contributed by atoms with van der Waals surface area (Å²) in [6, 6.07) is 19.3. The van der Waals surface area contributed by atoms with Crippen LogP contribution in [-0.4, -0.2) is 105 Å². The third-order valence-electron chi connectivity index (χ3n) is 9.91. The van der Waals surface area contributed by atoms with Crippen molar-refractivity contribution in [3.63, 3.8) is 0 Å². The van der Waals surface area contributed by atoms with Gasteiger partial charge in [0.2, 0.25) is 5.91 Å². The van der Waals surface area contributed by atoms with E-state index in [2.05, 4.69) is 21.0 Å². The Morgan fingerprint density at radius 1 is 0.945 bits per heavy atom. The molecule has 1 aromatic heterocycles. The van der Waals surface area contributed by atoms with Gasteiger partial charge < -0.3 is 35.4 Å². The predicted molar refractivity (Wildman–Crippen MR) is 209 cm³/mol. The molecule has 1 fully saturated rings. The lowest BCUT2D eigenvalue weighted by Gasteiger charge is -2.36. The number of amides is 5. The molecule has 14 heteroatoms. The fraction of sp³-hybridized carbons (Fsp3) is 0.488. The van der Waals surface area contributed by atoms with Crippen LogP contribution in [0.1, 0.15) is 63.6 Å². The molecule has 1 aliphatic rings. The van der Waals surface area contributed by atoms with Crippen molar-refractivity contribution < 1.29 is 34.1 Å². The lowest BCUT2D eigenvalue weighted by molar-refractivity contribution is -0.132. The van der Waals surface area contributed by atoms with Crippen LogP contribution in [0.3, 0.4) is 0 Å². The zero-order valence-electron chi connectivity index (χ0n) is 33.0. The summed E-state index contributed by atoms with van der Waals surface area (Å²) in [6.45, 7) is 12.2. The fourth-order valence-corrected chi connectivity index (χ4v) is 6.71. The normalized spacial score (nSPS) is 15.9. The molecular weight excluding hydrogens is 702 g/mol. The van der Waals surface area contributed by atoms with Crippen LogP contribution in [0.4, 0.5) is 9.59 Å². The molecule has 0 radical (unpaired) electrons. The molecule has 0 unspecified atom stereocenters. The van der Waals surface area contributed by atoms with E-state index in [1.807, 2.05) is 81.4 Å². The monoisotopic (exact) mass is 759 g/mol. The van der Waals surface area contributed by atoms with Crippen LogP contribution in [0.15, 0.2) is 72.8 Å². The molecular formula is C41H57N7O7. The third-order valence-corrected chi connectivity index (χ3v) is 9.91. The number of methoxy groups -OCH3 is 1. The summed E-state index contributed by atoms with van der Waals surface area (Å²) in [4.78, 5) is 61.4. The number of rotatable bonds is 18. The Morgan fingerprint density at radius 2 is 1.64 bits per heavy atom. The number of aliphatic hydroxyl groups is 1. The number of carbonyl (C=O) groups is 4. The topological polar surface area (TPSA) is 177 Å². The van der Waals surface area contributed by atoms with Gasteiger partial charge in [-0.2, -0.15) is 0 Å². The lowest BCUT2D eigenvalue weighted by atomic mass is 9.86. The molecule has 55 heavy (non-hydrogen) atoms. The van der Waals surface area contributed by atoms with E-state index in [0.717, 1.165) is 22.5 Å². The van der Waals surface area contributed by atoms with Crippen LogP contribution >= 0.6 is 0 Å². The largest absolute Gasteiger partial charge is 0.497 e. The van der Waals surface area contributed by atoms with Gasteiger partial charge in [0.05, 0.1) is 31.5 Å². The number of nitrogens with zero attached hydrogens (tertiary/aromatic N) is 4. The number of aryl methyl sites for hydroxylation is 1. The van der Waals surface area contributed by atoms with E-state index in [9.17, 15) is 29.4 Å². The minimum Gasteiger partial charge on any atom is -0.497 e. The second kappa shape index (κ2) is 19.4. The quantitative estimate of drug-likeness (QED) is 0.118. The van der Waals surface area contributed by atoms with Gasteiger partial charge in [0, 0.05) is 31.9 Å². The zero-order valence-corrected chi connectivity index (χ0v) is 33.0. The number of aliphatic hydroxyl groups excluding tert-OH is 1. The second-order valence-corrected chi connectivity index (χ2v) is 15.3. The number of aromatic nitrogens is 1. The number of carboxylic acid groups (broad SMARTS) is 1. The van der Waals surface area contributed by atoms with Crippen LogP contribution in [0.25, 0.3) is 0 Å². The predicted octanol–water partition coefficient (Wildman–Crippen LogP) is 4.36. The van der Waals surface area contributed by atoms with E-state index >= 15 is 0 Å². The van der Waals surface area contributed by atoms with Gasteiger partial charge in [-0.3, -0.25) is 20.0 Å². The number of carbonyl (C=O) groups excluding carboxylic acids is 3. The van der Waals surface area contributed by atoms with Crippen LogP contribution in [0.5, 0.6) is 5.75 Å². The number of nitrogens with one attached hydrogen (secondary N) is 3. The molecule has 5 amide bonds. The highest BCUT2D eigenvalue weighted by Crippen LogP contribution is 2.24. The molecule has 0 bridgehead atoms. The molecule has 14 nitrogen and oxygen atoms in total. The van der Waals surface area contributed by atoms with E-state index in [-0.39, 0.29) is 37.4 Å². The van der Waals surface area contributed by atoms with Gasteiger partial charge in [0.25, 0.3) is 5.91 Å². The van der Waals surface area contributed by atoms with Crippen molar-refractivity contribution in [2.75, 3.05) is 26.7 Å². The summed E-state index contributed by atoms with van der Waals surface area (Å²) in [6.07, 6.45) is -1.67. The number of pyridine rings is 1. The third kappa shape index (κ3) is 12.1. The highest BCUT2D eigenvalue weighted by atomic mass is 16.5. The number of ether oxygens (including phenoxy) is 1. The van der Waals surface area contributed by atoms with E-state index in [1.54, 1.807) is 49.8 Å². The van der Waals surface area contributed by atoms with Crippen molar-refractivity contribution in [1.29, 1.82) is 0 Å². The van der Waals surface area contributed by atoms with E-state index in [0.29, 0.717) is 31.8 Å². The number of hydrogen-bond donors (Lipinski definition) is 5. The van der Waals surface area contributed by atoms with E-state index in [1.165, 1.54) is 5.01 Å². The summed E-state index contributed by atoms with van der Waals surface area (Å²) in [5, 5.41) is 28.5. The molecule has 2 heterocycles. The summed E-state index contributed by atoms with van der Waals surface area (Å²) >= 11 is 0. The van der Waals surface area contributed by atoms with E-state index in [4.69, 9.17) is 4.74 Å². The smallest absolute Gasteiger partial charge is 0.405 e. The van der Waals surface area contributed by atoms with Crippen LogP contribution in [-0.2, 0) is 29.1 Å². The molecule has 2 aromatic carbocycles. The minimum absolute atomic E-state index is 0.132. The second-order valence-electron chi connectivity index (χ2n) is 15.3. The van der Waals surface area contributed by atoms with Gasteiger partial charge in [-0.05, 0) is 60.1 Å². The van der Waals surface area contributed by atoms with Crippen LogP contribution in [0.2, 0.25) is 0 Å². The zero-order chi connectivity index (χ0) is 40.3. The van der Waals surface area contributed by atoms with Crippen molar-refractivity contribution in [1.82, 2.24) is 35.9 Å². The van der Waals surface area contributed by atoms with Crippen LogP contribution < -0.4 is 20.8 Å². The highest BCUT2D eigenvalue weighted by Gasteiger charge is 2.41. The Labute approximate surface area is 324 Å². The average Bonchev–Trinajstić information content (AvgIpc) is 3.48. The summed E-state index contributed by atoms with van der Waals surface area (Å²) in [7, 11) is 1.56. The SMILES string of the molecule is CC[C@H](C)[C@@H](C(=O)N[C@@H](Cc1ccccc1)[C@@H](O)CN(Cc1ccc(OC)cc1)NC(=O)[C@@H](NC(=O)O)C(C)(C)C)N1CCN(Cc2cccc(C)n2)C1=O. The molecule has 0 aliphatic carbocycles. The first-order chi connectivity index (χ1) is 26.1. The molecule has 3 aromatic rings. The first-order valence-electron chi connectivity index (χ1n) is 18.8. The average molecular weight is 760 g/mol. The number of benzene rings is 2. The van der Waals surface area contributed by atoms with Gasteiger partial charge in [-0.15, -0.1) is 0 Å². The van der Waals surface area contributed by atoms with Crippen molar-refractivity contribution in [3.8, 4) is 5.75 Å². The molecule has 4 rings (SSSR count). The molecule has 298 valence electrons. The maximum Gasteiger partial charge on any atom is 0.405 e. The molecule has 5 atom stereocenters. The van der Waals surface area contributed by atoms with E-state index < -0.39 is 41.6 Å². The molecule has 5 N–H and O–H groups in total. The Kier molecular flexibility index (Phi) is 15.0. The highest BCUT2D eigenvalue weighted by molar-refractivity contribution is 5.88. The molecule has 0 spiro atoms. The number of hydrogen-bond acceptors (Lipinski definition) is 8. The maximum absolute atomic E-state index is 14.4. The van der Waals surface area contributed by atoms with Crippen LogP contribution in [0, 0.1) is 18.3 Å². The Morgan fingerprint density at radius 3 is 2.24 bits per heavy atom. The van der Waals surface area contributed by atoms with Gasteiger partial charge in [-0.1, -0.05) is 89.6 Å². The van der Waals surface area contributed by atoms with Crippen molar-refractivity contribution in [2.45, 2.75) is 91.7 Å². The Hall–Kier alpha value is -5.21. The van der Waals surface area contributed by atoms with Crippen molar-refractivity contribution >= 4 is 23.9 Å². The summed E-state index contributed by atoms with van der Waals surface area (Å²) in [5.41, 5.74) is 5.33. The summed E-state index contributed by atoms with van der Waals surface area (Å²) in [5.74, 6) is -0.542. The first-order valence-corrected chi connectivity index (χ1v) is 18.8. The molecule has 1 aliphatic heterocycles. The minimum atomic E-state index is -1.34. The van der Waals surface area contributed by atoms with Gasteiger partial charge in [0.1, 0.15) is 17.8 Å². The molecule has 1 saturated heterocycles. The van der Waals surface area contributed by atoms with Gasteiger partial charge in [0.15, 0.2) is 0 Å². The van der Waals surface area contributed by atoms with Crippen molar-refractivity contribution in [3.05, 3.63) is 95.3 Å². The standard InChI is InChI=1S/C41H57N7O7/c1-8-27(2)35(48-22-21-46(40(48)54)25-31-16-12-13-28(3)42-31)37(50)43-33(23-29-14-10-9-11-15-29)34(49)26-47(24-30-17-19-32(55-7)20-18-30)45-38(51)36(41(4,5)6)44-39(52)53/h9-20,27,33-36,44,49H,8,21-26H2,1-7H3,(H,43,50)(H,45,51)(H,52,53)/t27-,33-,34-,35-,36+/m0/s1. The molecule has 0 saturated carbocycles. The van der Waals surface area contributed by atoms with Gasteiger partial charge >= 0.3 is 12.1 Å².